The van der Waals surface area contributed by atoms with Gasteiger partial charge in [-0.3, -0.25) is 4.70 Å². The van der Waals surface area contributed by atoms with Gasteiger partial charge in [0.2, 0.25) is 0 Å². The van der Waals surface area contributed by atoms with Crippen LogP contribution in [0.4, 0.5) is 4.70 Å². The fourth-order valence-corrected chi connectivity index (χ4v) is 0.440. The van der Waals surface area contributed by atoms with Gasteiger partial charge in [0.05, 0.1) is 0 Å². The predicted molar refractivity (Wildman–Crippen MR) is 39.1 cm³/mol. The number of rotatable bonds is 0. The van der Waals surface area contributed by atoms with Crippen molar-refractivity contribution < 1.29 is 9.54 Å². The van der Waals surface area contributed by atoms with E-state index in [1.54, 1.807) is 6.21 Å². The third-order valence-electron chi connectivity index (χ3n) is 1.19. The molecule has 3 nitrogen and oxygen atoms in total. The molecule has 1 fully saturated rings. The lowest BCUT2D eigenvalue weighted by molar-refractivity contribution is 0.174. The summed E-state index contributed by atoms with van der Waals surface area (Å²) >= 11 is 0. The van der Waals surface area contributed by atoms with Crippen LogP contribution < -0.4 is 5.32 Å². The Morgan fingerprint density at radius 3 is 2.10 bits per heavy atom. The van der Waals surface area contributed by atoms with Crippen molar-refractivity contribution in [2.45, 2.75) is 12.8 Å². The summed E-state index contributed by atoms with van der Waals surface area (Å²) in [5.41, 5.74) is 0. The van der Waals surface area contributed by atoms with E-state index in [9.17, 15) is 0 Å². The van der Waals surface area contributed by atoms with Crippen molar-refractivity contribution in [3.05, 3.63) is 0 Å². The highest BCUT2D eigenvalue weighted by Crippen LogP contribution is 1.86. The molecule has 60 valence electrons. The Morgan fingerprint density at radius 1 is 1.40 bits per heavy atom. The van der Waals surface area contributed by atoms with Gasteiger partial charge >= 0.3 is 0 Å². The topological polar surface area (TPSA) is 33.6 Å². The summed E-state index contributed by atoms with van der Waals surface area (Å²) in [5, 5.41) is 6.57. The molecule has 1 N–H and O–H groups in total. The molecule has 0 saturated carbocycles. The van der Waals surface area contributed by atoms with Crippen LogP contribution in [0.15, 0.2) is 5.16 Å². The van der Waals surface area contributed by atoms with Crippen LogP contribution in [0.25, 0.3) is 0 Å². The van der Waals surface area contributed by atoms with E-state index in [1.807, 2.05) is 0 Å². The van der Waals surface area contributed by atoms with Gasteiger partial charge in [-0.05, 0) is 19.5 Å². The first-order valence-corrected chi connectivity index (χ1v) is 3.34. The summed E-state index contributed by atoms with van der Waals surface area (Å²) in [6.45, 7) is 3.28. The van der Waals surface area contributed by atoms with Gasteiger partial charge in [-0.2, -0.15) is 0 Å². The van der Waals surface area contributed by atoms with Crippen LogP contribution in [-0.4, -0.2) is 25.9 Å². The summed E-state index contributed by atoms with van der Waals surface area (Å²) in [5.74, 6) is 0. The fraction of sp³-hybridized carbons (Fsp3) is 0.833. The minimum absolute atomic E-state index is 0. The molecule has 0 bridgehead atoms. The molecule has 0 aromatic heterocycles. The monoisotopic (exact) mass is 148 g/mol. The molecule has 0 aliphatic carbocycles. The molecule has 2 rings (SSSR count). The van der Waals surface area contributed by atoms with Gasteiger partial charge in [0.25, 0.3) is 0 Å². The number of hydrogen-bond acceptors (Lipinski definition) is 3. The highest BCUT2D eigenvalue weighted by Gasteiger charge is 1.92. The number of oxime groups is 1. The number of nitrogens with one attached hydrogen (secondary N) is 1. The average Bonchev–Trinajstić information content (AvgIpc) is 2.07. The number of nitrogens with zero attached hydrogens (tertiary/aromatic N) is 1. The van der Waals surface area contributed by atoms with Crippen LogP contribution in [0.5, 0.6) is 0 Å². The van der Waals surface area contributed by atoms with E-state index in [0.29, 0.717) is 0 Å². The Kier molecular flexibility index (Phi) is 6.06. The van der Waals surface area contributed by atoms with Gasteiger partial charge in [0.15, 0.2) is 0 Å². The van der Waals surface area contributed by atoms with E-state index in [1.165, 1.54) is 19.5 Å². The Labute approximate surface area is 59.8 Å². The van der Waals surface area contributed by atoms with Gasteiger partial charge in [-0.1, -0.05) is 5.16 Å². The van der Waals surface area contributed by atoms with Gasteiger partial charge in [-0.25, -0.2) is 0 Å². The van der Waals surface area contributed by atoms with E-state index in [0.717, 1.165) is 13.0 Å². The molecule has 0 aromatic carbocycles. The summed E-state index contributed by atoms with van der Waals surface area (Å²) in [6, 6.07) is 0. The number of hydrogen-bond donors (Lipinski definition) is 1. The quantitative estimate of drug-likeness (QED) is 0.543. The molecular weight excluding hydrogens is 135 g/mol. The minimum atomic E-state index is 0. The van der Waals surface area contributed by atoms with Crippen molar-refractivity contribution in [2.75, 3.05) is 19.7 Å². The molecule has 2 aliphatic heterocycles. The van der Waals surface area contributed by atoms with Crippen LogP contribution in [0.1, 0.15) is 12.8 Å². The molecule has 0 aromatic rings. The van der Waals surface area contributed by atoms with E-state index >= 15 is 0 Å². The summed E-state index contributed by atoms with van der Waals surface area (Å²) in [6.07, 6.45) is 4.14. The third kappa shape index (κ3) is 4.26. The van der Waals surface area contributed by atoms with Crippen LogP contribution in [0.2, 0.25) is 0 Å². The minimum Gasteiger partial charge on any atom is -0.396 e. The molecular formula is C6H13FN2O. The highest BCUT2D eigenvalue weighted by atomic mass is 19.0. The molecule has 0 unspecified atom stereocenters. The van der Waals surface area contributed by atoms with Crippen LogP contribution >= 0.6 is 0 Å². The zero-order valence-electron chi connectivity index (χ0n) is 5.88. The first-order chi connectivity index (χ1) is 4.50. The molecule has 0 atom stereocenters. The lowest BCUT2D eigenvalue weighted by atomic mass is 10.3. The molecule has 0 spiro atoms. The van der Waals surface area contributed by atoms with Gasteiger partial charge in [0.1, 0.15) is 6.61 Å². The summed E-state index contributed by atoms with van der Waals surface area (Å²) in [7, 11) is 0. The van der Waals surface area contributed by atoms with Crippen LogP contribution in [0, 0.1) is 0 Å². The van der Waals surface area contributed by atoms with Crippen molar-refractivity contribution in [3.8, 4) is 0 Å². The lowest BCUT2D eigenvalue weighted by Crippen LogP contribution is -2.29. The molecule has 0 radical (unpaired) electrons. The second-order valence-corrected chi connectivity index (χ2v) is 2.01. The first-order valence-electron chi connectivity index (χ1n) is 3.34. The zero-order chi connectivity index (χ0) is 6.36. The van der Waals surface area contributed by atoms with Gasteiger partial charge in [0, 0.05) is 12.6 Å². The standard InChI is InChI=1S/C3H5NO.C3H7N.FH/c1-2-4-5-3-1;1-2-4-3-1;/h2H,1,3H2;4H,1-3H2;1H. The Balaban J connectivity index is 0.000000150. The largest absolute Gasteiger partial charge is 0.396 e. The zero-order valence-corrected chi connectivity index (χ0v) is 5.88. The molecule has 0 amide bonds. The lowest BCUT2D eigenvalue weighted by Gasteiger charge is -2.09. The number of halogens is 1. The smallest absolute Gasteiger partial charge is 0.122 e. The van der Waals surface area contributed by atoms with E-state index < -0.39 is 0 Å². The van der Waals surface area contributed by atoms with E-state index in [2.05, 4.69) is 15.3 Å². The molecule has 1 saturated heterocycles. The van der Waals surface area contributed by atoms with E-state index in [-0.39, 0.29) is 4.70 Å². The Morgan fingerprint density at radius 2 is 2.00 bits per heavy atom. The van der Waals surface area contributed by atoms with E-state index in [4.69, 9.17) is 0 Å². The molecule has 4 heteroatoms. The predicted octanol–water partition coefficient (Wildman–Crippen LogP) is 0.525. The average molecular weight is 148 g/mol. The maximum Gasteiger partial charge on any atom is 0.122 e. The first kappa shape index (κ1) is 9.36. The summed E-state index contributed by atoms with van der Waals surface area (Å²) in [4.78, 5) is 4.51. The maximum atomic E-state index is 4.51. The molecule has 2 heterocycles. The SMILES string of the molecule is C1=NOCC1.C1CNC1.F. The molecule has 10 heavy (non-hydrogen) atoms. The fourth-order valence-electron chi connectivity index (χ4n) is 0.440. The van der Waals surface area contributed by atoms with Crippen molar-refractivity contribution in [3.63, 3.8) is 0 Å². The second kappa shape index (κ2) is 6.48. The third-order valence-corrected chi connectivity index (χ3v) is 1.19. The van der Waals surface area contributed by atoms with Crippen molar-refractivity contribution in [1.29, 1.82) is 0 Å². The maximum absolute atomic E-state index is 4.51. The van der Waals surface area contributed by atoms with Crippen molar-refractivity contribution >= 4 is 6.21 Å². The molecule has 2 aliphatic rings. The van der Waals surface area contributed by atoms with Gasteiger partial charge in [-0.15, -0.1) is 0 Å². The normalized spacial score (nSPS) is 19.2. The Hall–Kier alpha value is -0.640. The van der Waals surface area contributed by atoms with Crippen molar-refractivity contribution in [1.82, 2.24) is 5.32 Å². The highest BCUT2D eigenvalue weighted by molar-refractivity contribution is 5.57. The Bertz CT molecular complexity index is 83.7. The van der Waals surface area contributed by atoms with Crippen molar-refractivity contribution in [2.24, 2.45) is 5.16 Å². The van der Waals surface area contributed by atoms with Crippen LogP contribution in [-0.2, 0) is 4.84 Å². The van der Waals surface area contributed by atoms with Gasteiger partial charge < -0.3 is 10.2 Å². The second-order valence-electron chi connectivity index (χ2n) is 2.01. The van der Waals surface area contributed by atoms with Crippen LogP contribution in [0.3, 0.4) is 0 Å². The summed E-state index contributed by atoms with van der Waals surface area (Å²) < 4.78 is 0.